The summed E-state index contributed by atoms with van der Waals surface area (Å²) in [6.07, 6.45) is 0.671. The number of nitrogens with two attached hydrogens (primary N) is 1. The Morgan fingerprint density at radius 2 is 2.00 bits per heavy atom. The van der Waals surface area contributed by atoms with Gasteiger partial charge in [0, 0.05) is 13.0 Å². The van der Waals surface area contributed by atoms with E-state index in [-0.39, 0.29) is 23.6 Å². The van der Waals surface area contributed by atoms with Gasteiger partial charge in [0.05, 0.1) is 22.9 Å². The first-order valence-corrected chi connectivity index (χ1v) is 7.46. The van der Waals surface area contributed by atoms with Gasteiger partial charge in [0.2, 0.25) is 0 Å². The Morgan fingerprint density at radius 3 is 2.65 bits per heavy atom. The molecule has 0 atom stereocenters. The van der Waals surface area contributed by atoms with Crippen molar-refractivity contribution < 1.29 is 23.9 Å². The number of nitrogen functional groups attached to an aromatic ring is 1. The number of carbonyl (C=O) groups excluding carboxylic acids is 3. The van der Waals surface area contributed by atoms with Gasteiger partial charge in [-0.3, -0.25) is 9.59 Å². The Bertz CT molecular complexity index is 577. The molecule has 0 aromatic heterocycles. The minimum atomic E-state index is -0.671. The molecule has 0 heterocycles. The molecule has 126 valence electrons. The monoisotopic (exact) mass is 342 g/mol. The molecule has 0 fully saturated rings. The third-order valence-electron chi connectivity index (χ3n) is 2.75. The van der Waals surface area contributed by atoms with Crippen molar-refractivity contribution in [2.45, 2.75) is 19.8 Å². The maximum atomic E-state index is 11.7. The van der Waals surface area contributed by atoms with Crippen molar-refractivity contribution >= 4 is 35.1 Å². The SMILES string of the molecule is CCOC(=O)CCCNC(=O)COC(=O)c1ccc(Cl)c(N)c1. The van der Waals surface area contributed by atoms with E-state index in [4.69, 9.17) is 26.8 Å². The molecule has 23 heavy (non-hydrogen) atoms. The second kappa shape index (κ2) is 9.68. The Hall–Kier alpha value is -2.28. The number of ether oxygens (including phenoxy) is 2. The zero-order valence-electron chi connectivity index (χ0n) is 12.8. The average Bonchev–Trinajstić information content (AvgIpc) is 2.52. The lowest BCUT2D eigenvalue weighted by molar-refractivity contribution is -0.143. The third kappa shape index (κ3) is 7.01. The molecule has 3 N–H and O–H groups in total. The first kappa shape index (κ1) is 18.8. The van der Waals surface area contributed by atoms with Crippen molar-refractivity contribution in [3.05, 3.63) is 28.8 Å². The van der Waals surface area contributed by atoms with Gasteiger partial charge >= 0.3 is 11.9 Å². The lowest BCUT2D eigenvalue weighted by atomic mass is 10.2. The average molecular weight is 343 g/mol. The fourth-order valence-electron chi connectivity index (χ4n) is 1.63. The number of amides is 1. The smallest absolute Gasteiger partial charge is 0.338 e. The Labute approximate surface area is 139 Å². The maximum absolute atomic E-state index is 11.7. The summed E-state index contributed by atoms with van der Waals surface area (Å²) in [7, 11) is 0. The highest BCUT2D eigenvalue weighted by atomic mass is 35.5. The minimum Gasteiger partial charge on any atom is -0.466 e. The lowest BCUT2D eigenvalue weighted by Gasteiger charge is -2.07. The highest BCUT2D eigenvalue weighted by Gasteiger charge is 2.11. The fourth-order valence-corrected chi connectivity index (χ4v) is 1.75. The van der Waals surface area contributed by atoms with E-state index in [1.54, 1.807) is 6.92 Å². The van der Waals surface area contributed by atoms with E-state index in [2.05, 4.69) is 5.32 Å². The molecule has 1 amide bonds. The van der Waals surface area contributed by atoms with Gasteiger partial charge in [-0.2, -0.15) is 0 Å². The van der Waals surface area contributed by atoms with Gasteiger partial charge in [-0.05, 0) is 31.5 Å². The highest BCUT2D eigenvalue weighted by Crippen LogP contribution is 2.19. The first-order chi connectivity index (χ1) is 10.9. The van der Waals surface area contributed by atoms with E-state index in [0.717, 1.165) is 0 Å². The van der Waals surface area contributed by atoms with Crippen molar-refractivity contribution in [3.63, 3.8) is 0 Å². The van der Waals surface area contributed by atoms with Crippen LogP contribution in [0.4, 0.5) is 5.69 Å². The van der Waals surface area contributed by atoms with Crippen molar-refractivity contribution in [2.24, 2.45) is 0 Å². The predicted molar refractivity (Wildman–Crippen MR) is 85.0 cm³/mol. The minimum absolute atomic E-state index is 0.210. The van der Waals surface area contributed by atoms with Crippen LogP contribution in [0.2, 0.25) is 5.02 Å². The van der Waals surface area contributed by atoms with Crippen LogP contribution in [0.15, 0.2) is 18.2 Å². The molecule has 1 aromatic carbocycles. The van der Waals surface area contributed by atoms with Crippen LogP contribution in [0.25, 0.3) is 0 Å². The molecule has 0 aliphatic rings. The van der Waals surface area contributed by atoms with Crippen molar-refractivity contribution in [3.8, 4) is 0 Å². The first-order valence-electron chi connectivity index (χ1n) is 7.08. The third-order valence-corrected chi connectivity index (χ3v) is 3.10. The molecular formula is C15H19ClN2O5. The number of halogens is 1. The number of nitrogens with one attached hydrogen (secondary N) is 1. The molecule has 0 bridgehead atoms. The molecule has 0 saturated heterocycles. The fraction of sp³-hybridized carbons (Fsp3) is 0.400. The van der Waals surface area contributed by atoms with Crippen molar-refractivity contribution in [2.75, 3.05) is 25.5 Å². The normalized spacial score (nSPS) is 10.0. The topological polar surface area (TPSA) is 108 Å². The molecule has 0 aliphatic heterocycles. The zero-order valence-corrected chi connectivity index (χ0v) is 13.5. The molecule has 8 heteroatoms. The largest absolute Gasteiger partial charge is 0.466 e. The Morgan fingerprint density at radius 1 is 1.26 bits per heavy atom. The number of benzene rings is 1. The quantitative estimate of drug-likeness (QED) is 0.421. The van der Waals surface area contributed by atoms with Crippen LogP contribution < -0.4 is 11.1 Å². The predicted octanol–water partition coefficient (Wildman–Crippen LogP) is 1.54. The summed E-state index contributed by atoms with van der Waals surface area (Å²) in [6.45, 7) is 1.93. The molecule has 1 aromatic rings. The Kier molecular flexibility index (Phi) is 7.90. The number of rotatable bonds is 8. The summed E-state index contributed by atoms with van der Waals surface area (Å²) >= 11 is 5.75. The summed E-state index contributed by atoms with van der Waals surface area (Å²) in [5.41, 5.74) is 6.05. The summed E-state index contributed by atoms with van der Waals surface area (Å²) in [5.74, 6) is -1.44. The second-order valence-corrected chi connectivity index (χ2v) is 4.98. The van der Waals surface area contributed by atoms with Gasteiger partial charge in [-0.1, -0.05) is 11.6 Å². The van der Waals surface area contributed by atoms with Crippen LogP contribution in [0.1, 0.15) is 30.1 Å². The number of anilines is 1. The zero-order chi connectivity index (χ0) is 17.2. The van der Waals surface area contributed by atoms with Gasteiger partial charge in [-0.25, -0.2) is 4.79 Å². The van der Waals surface area contributed by atoms with Crippen LogP contribution in [-0.2, 0) is 19.1 Å². The second-order valence-electron chi connectivity index (χ2n) is 4.57. The molecule has 7 nitrogen and oxygen atoms in total. The summed E-state index contributed by atoms with van der Waals surface area (Å²) in [6, 6.07) is 4.31. The molecule has 0 saturated carbocycles. The molecule has 0 radical (unpaired) electrons. The molecule has 0 aliphatic carbocycles. The number of esters is 2. The van der Waals surface area contributed by atoms with Crippen LogP contribution in [-0.4, -0.2) is 37.6 Å². The van der Waals surface area contributed by atoms with Crippen LogP contribution >= 0.6 is 11.6 Å². The van der Waals surface area contributed by atoms with Gasteiger partial charge in [-0.15, -0.1) is 0 Å². The van der Waals surface area contributed by atoms with E-state index in [1.807, 2.05) is 0 Å². The lowest BCUT2D eigenvalue weighted by Crippen LogP contribution is -2.30. The van der Waals surface area contributed by atoms with Gasteiger partial charge in [0.15, 0.2) is 6.61 Å². The van der Waals surface area contributed by atoms with Crippen molar-refractivity contribution in [1.82, 2.24) is 5.32 Å². The number of carbonyl (C=O) groups is 3. The van der Waals surface area contributed by atoms with E-state index >= 15 is 0 Å². The van der Waals surface area contributed by atoms with Crippen molar-refractivity contribution in [1.29, 1.82) is 0 Å². The number of hydrogen-bond acceptors (Lipinski definition) is 6. The van der Waals surface area contributed by atoms with Gasteiger partial charge in [0.1, 0.15) is 0 Å². The van der Waals surface area contributed by atoms with E-state index in [1.165, 1.54) is 18.2 Å². The standard InChI is InChI=1S/C15H19ClN2O5/c1-2-22-14(20)4-3-7-18-13(19)9-23-15(21)10-5-6-11(16)12(17)8-10/h5-6,8H,2-4,7,9,17H2,1H3,(H,18,19). The van der Waals surface area contributed by atoms with E-state index in [0.29, 0.717) is 24.6 Å². The number of hydrogen-bond donors (Lipinski definition) is 2. The maximum Gasteiger partial charge on any atom is 0.338 e. The Balaban J connectivity index is 2.26. The molecule has 1 rings (SSSR count). The van der Waals surface area contributed by atoms with Crippen LogP contribution in [0.5, 0.6) is 0 Å². The highest BCUT2D eigenvalue weighted by molar-refractivity contribution is 6.33. The van der Waals surface area contributed by atoms with Gasteiger partial charge < -0.3 is 20.5 Å². The van der Waals surface area contributed by atoms with E-state index in [9.17, 15) is 14.4 Å². The summed E-state index contributed by atoms with van der Waals surface area (Å²) < 4.78 is 9.61. The van der Waals surface area contributed by atoms with Gasteiger partial charge in [0.25, 0.3) is 5.91 Å². The summed E-state index contributed by atoms with van der Waals surface area (Å²) in [5, 5.41) is 2.87. The van der Waals surface area contributed by atoms with E-state index < -0.39 is 18.5 Å². The van der Waals surface area contributed by atoms with Crippen LogP contribution in [0, 0.1) is 0 Å². The molecular weight excluding hydrogens is 324 g/mol. The molecule has 0 spiro atoms. The molecule has 0 unspecified atom stereocenters. The summed E-state index contributed by atoms with van der Waals surface area (Å²) in [4.78, 5) is 34.3. The van der Waals surface area contributed by atoms with Crippen LogP contribution in [0.3, 0.4) is 0 Å².